The zero-order valence-corrected chi connectivity index (χ0v) is 15.0. The van der Waals surface area contributed by atoms with Gasteiger partial charge in [-0.05, 0) is 41.7 Å². The molecule has 2 rings (SSSR count). The summed E-state index contributed by atoms with van der Waals surface area (Å²) in [4.78, 5) is 0. The normalized spacial score (nSPS) is 10.5. The molecule has 0 aliphatic carbocycles. The second-order valence-corrected chi connectivity index (χ2v) is 6.02. The number of nitrogens with two attached hydrogens (primary N) is 1. The first-order valence-corrected chi connectivity index (χ1v) is 7.75. The Hall–Kier alpha value is -2.56. The number of phenols is 2. The van der Waals surface area contributed by atoms with Gasteiger partial charge in [-0.1, -0.05) is 32.9 Å². The van der Waals surface area contributed by atoms with Crippen molar-refractivity contribution in [2.75, 3.05) is 20.0 Å². The molecule has 0 saturated heterocycles. The number of phenolic OH excluding ortho intramolecular Hbond substituents is 2. The summed E-state index contributed by atoms with van der Waals surface area (Å²) in [6.07, 6.45) is 1.05. The monoisotopic (exact) mass is 333 g/mol. The highest BCUT2D eigenvalue weighted by Crippen LogP contribution is 2.34. The molecule has 5 nitrogen and oxygen atoms in total. The molecule has 0 atom stereocenters. The number of hydrogen-bond donors (Lipinski definition) is 3. The average molecular weight is 333 g/mol. The van der Waals surface area contributed by atoms with Gasteiger partial charge in [0.15, 0.2) is 11.5 Å². The molecule has 5 heteroatoms. The average Bonchev–Trinajstić information content (AvgIpc) is 2.58. The minimum atomic E-state index is 0.0394. The lowest BCUT2D eigenvalue weighted by Gasteiger charge is -2.23. The predicted molar refractivity (Wildman–Crippen MR) is 97.0 cm³/mol. The number of ether oxygens (including phenoxy) is 2. The summed E-state index contributed by atoms with van der Waals surface area (Å²) in [6.45, 7) is 6.47. The van der Waals surface area contributed by atoms with Crippen LogP contribution >= 0.6 is 0 Å². The second-order valence-electron chi connectivity index (χ2n) is 6.02. The molecule has 0 heterocycles. The van der Waals surface area contributed by atoms with Gasteiger partial charge in [-0.25, -0.2) is 0 Å². The van der Waals surface area contributed by atoms with Crippen LogP contribution in [0.2, 0.25) is 0 Å². The van der Waals surface area contributed by atoms with Crippen LogP contribution in [-0.2, 0) is 5.41 Å². The third-order valence-corrected chi connectivity index (χ3v) is 4.09. The van der Waals surface area contributed by atoms with E-state index in [2.05, 4.69) is 20.8 Å². The van der Waals surface area contributed by atoms with Gasteiger partial charge in [0.1, 0.15) is 5.75 Å². The Labute approximate surface area is 143 Å². The molecule has 0 bridgehead atoms. The third-order valence-electron chi connectivity index (χ3n) is 4.09. The fraction of sp³-hybridized carbons (Fsp3) is 0.368. The minimum absolute atomic E-state index is 0.0394. The van der Waals surface area contributed by atoms with Crippen LogP contribution in [0, 0.1) is 0 Å². The fourth-order valence-corrected chi connectivity index (χ4v) is 2.01. The SMILES string of the molecule is CCC(C)(C)c1ccc(O)c(N)c1.COc1cccc(OC)c1O. The molecule has 2 aromatic carbocycles. The highest BCUT2D eigenvalue weighted by Gasteiger charge is 2.18. The summed E-state index contributed by atoms with van der Waals surface area (Å²) in [5, 5.41) is 18.6. The Morgan fingerprint density at radius 3 is 1.96 bits per heavy atom. The van der Waals surface area contributed by atoms with Gasteiger partial charge < -0.3 is 25.4 Å². The van der Waals surface area contributed by atoms with E-state index in [4.69, 9.17) is 15.2 Å². The third kappa shape index (κ3) is 4.72. The molecular formula is C19H27NO4. The summed E-state index contributed by atoms with van der Waals surface area (Å²) in [5.74, 6) is 1.04. The summed E-state index contributed by atoms with van der Waals surface area (Å²) in [5.41, 5.74) is 7.38. The van der Waals surface area contributed by atoms with Gasteiger partial charge in [-0.3, -0.25) is 0 Å². The first-order valence-electron chi connectivity index (χ1n) is 7.75. The Morgan fingerprint density at radius 1 is 1.00 bits per heavy atom. The number of anilines is 1. The first-order chi connectivity index (χ1) is 11.3. The molecule has 2 aromatic rings. The molecule has 0 aliphatic rings. The van der Waals surface area contributed by atoms with Crippen LogP contribution in [0.1, 0.15) is 32.8 Å². The maximum absolute atomic E-state index is 9.34. The van der Waals surface area contributed by atoms with E-state index in [1.54, 1.807) is 24.3 Å². The topological polar surface area (TPSA) is 84.9 Å². The van der Waals surface area contributed by atoms with Gasteiger partial charge in [-0.15, -0.1) is 0 Å². The standard InChI is InChI=1S/C11H17NO.C8H10O3/c1-4-11(2,3)8-5-6-10(13)9(12)7-8;1-10-6-4-3-5-7(11-2)8(6)9/h5-7,13H,4,12H2,1-3H3;3-5,9H,1-2H3. The molecular weight excluding hydrogens is 306 g/mol. The molecule has 0 aliphatic heterocycles. The van der Waals surface area contributed by atoms with Crippen LogP contribution in [-0.4, -0.2) is 24.4 Å². The van der Waals surface area contributed by atoms with E-state index >= 15 is 0 Å². The van der Waals surface area contributed by atoms with E-state index in [0.29, 0.717) is 17.2 Å². The van der Waals surface area contributed by atoms with Gasteiger partial charge in [0.05, 0.1) is 19.9 Å². The van der Waals surface area contributed by atoms with Crippen molar-refractivity contribution in [3.05, 3.63) is 42.0 Å². The molecule has 0 amide bonds. The lowest BCUT2D eigenvalue weighted by atomic mass is 9.82. The number of rotatable bonds is 4. The van der Waals surface area contributed by atoms with Crippen molar-refractivity contribution in [3.63, 3.8) is 0 Å². The lowest BCUT2D eigenvalue weighted by molar-refractivity contribution is 0.340. The Bertz CT molecular complexity index is 646. The van der Waals surface area contributed by atoms with E-state index in [0.717, 1.165) is 6.42 Å². The maximum atomic E-state index is 9.34. The molecule has 4 N–H and O–H groups in total. The van der Waals surface area contributed by atoms with E-state index in [9.17, 15) is 10.2 Å². The smallest absolute Gasteiger partial charge is 0.200 e. The number of para-hydroxylation sites is 1. The van der Waals surface area contributed by atoms with Gasteiger partial charge in [0.25, 0.3) is 0 Å². The van der Waals surface area contributed by atoms with E-state index in [-0.39, 0.29) is 16.9 Å². The van der Waals surface area contributed by atoms with E-state index in [1.165, 1.54) is 19.8 Å². The van der Waals surface area contributed by atoms with Crippen LogP contribution < -0.4 is 15.2 Å². The molecule has 0 spiro atoms. The molecule has 0 fully saturated rings. The van der Waals surface area contributed by atoms with Crippen molar-refractivity contribution in [1.82, 2.24) is 0 Å². The van der Waals surface area contributed by atoms with Crippen LogP contribution in [0.25, 0.3) is 0 Å². The largest absolute Gasteiger partial charge is 0.506 e. The molecule has 0 saturated carbocycles. The quantitative estimate of drug-likeness (QED) is 0.580. The second kappa shape index (κ2) is 8.34. The van der Waals surface area contributed by atoms with Crippen molar-refractivity contribution in [1.29, 1.82) is 0 Å². The summed E-state index contributed by atoms with van der Waals surface area (Å²) >= 11 is 0. The predicted octanol–water partition coefficient (Wildman–Crippen LogP) is 4.07. The van der Waals surface area contributed by atoms with E-state index in [1.807, 2.05) is 12.1 Å². The first kappa shape index (κ1) is 19.5. The maximum Gasteiger partial charge on any atom is 0.200 e. The van der Waals surface area contributed by atoms with Crippen LogP contribution in [0.3, 0.4) is 0 Å². The fourth-order valence-electron chi connectivity index (χ4n) is 2.01. The molecule has 0 radical (unpaired) electrons. The van der Waals surface area contributed by atoms with Crippen LogP contribution in [0.5, 0.6) is 23.0 Å². The number of hydrogen-bond acceptors (Lipinski definition) is 5. The summed E-state index contributed by atoms with van der Waals surface area (Å²) in [6, 6.07) is 10.5. The zero-order chi connectivity index (χ0) is 18.3. The number of nitrogen functional groups attached to an aromatic ring is 1. The highest BCUT2D eigenvalue weighted by molar-refractivity contribution is 5.54. The van der Waals surface area contributed by atoms with Crippen LogP contribution in [0.4, 0.5) is 5.69 Å². The van der Waals surface area contributed by atoms with Crippen LogP contribution in [0.15, 0.2) is 36.4 Å². The molecule has 24 heavy (non-hydrogen) atoms. The van der Waals surface area contributed by atoms with Crippen molar-refractivity contribution < 1.29 is 19.7 Å². The molecule has 132 valence electrons. The highest BCUT2D eigenvalue weighted by atomic mass is 16.5. The van der Waals surface area contributed by atoms with E-state index < -0.39 is 0 Å². The van der Waals surface area contributed by atoms with Crippen molar-refractivity contribution >= 4 is 5.69 Å². The summed E-state index contributed by atoms with van der Waals surface area (Å²) in [7, 11) is 2.99. The van der Waals surface area contributed by atoms with Crippen molar-refractivity contribution in [3.8, 4) is 23.0 Å². The summed E-state index contributed by atoms with van der Waals surface area (Å²) < 4.78 is 9.71. The number of methoxy groups -OCH3 is 2. The minimum Gasteiger partial charge on any atom is -0.506 e. The van der Waals surface area contributed by atoms with Gasteiger partial charge in [0.2, 0.25) is 5.75 Å². The van der Waals surface area contributed by atoms with Crippen molar-refractivity contribution in [2.45, 2.75) is 32.6 Å². The van der Waals surface area contributed by atoms with Gasteiger partial charge >= 0.3 is 0 Å². The Kier molecular flexibility index (Phi) is 6.77. The Balaban J connectivity index is 0.000000243. The van der Waals surface area contributed by atoms with Gasteiger partial charge in [-0.2, -0.15) is 0 Å². The molecule has 0 aromatic heterocycles. The van der Waals surface area contributed by atoms with Crippen molar-refractivity contribution in [2.24, 2.45) is 0 Å². The number of aromatic hydroxyl groups is 2. The zero-order valence-electron chi connectivity index (χ0n) is 15.0. The Morgan fingerprint density at radius 2 is 1.54 bits per heavy atom. The number of benzene rings is 2. The lowest BCUT2D eigenvalue weighted by Crippen LogP contribution is -2.15. The molecule has 0 unspecified atom stereocenters. The van der Waals surface area contributed by atoms with Gasteiger partial charge in [0, 0.05) is 0 Å².